The predicted octanol–water partition coefficient (Wildman–Crippen LogP) is 3.93. The molecule has 2 aliphatic heterocycles. The van der Waals surface area contributed by atoms with E-state index in [-0.39, 0.29) is 11.8 Å². The molecule has 0 atom stereocenters. The van der Waals surface area contributed by atoms with Gasteiger partial charge in [0.1, 0.15) is 5.00 Å². The molecule has 0 spiro atoms. The monoisotopic (exact) mass is 463 g/mol. The van der Waals surface area contributed by atoms with Gasteiger partial charge in [-0.1, -0.05) is 0 Å². The highest BCUT2D eigenvalue weighted by atomic mass is 32.1. The van der Waals surface area contributed by atoms with Crippen molar-refractivity contribution in [3.8, 4) is 0 Å². The molecule has 2 aromatic rings. The Labute approximate surface area is 196 Å². The van der Waals surface area contributed by atoms with Gasteiger partial charge in [0.15, 0.2) is 0 Å². The number of benzene rings is 1. The second kappa shape index (κ2) is 8.94. The minimum atomic E-state index is -0.401. The van der Waals surface area contributed by atoms with Gasteiger partial charge >= 0.3 is 0 Å². The van der Waals surface area contributed by atoms with Gasteiger partial charge in [0.2, 0.25) is 0 Å². The van der Waals surface area contributed by atoms with E-state index in [1.807, 2.05) is 4.90 Å². The summed E-state index contributed by atoms with van der Waals surface area (Å²) in [4.78, 5) is 54.4. The minimum Gasteiger partial charge on any atom is -0.339 e. The van der Waals surface area contributed by atoms with Gasteiger partial charge in [-0.25, -0.2) is 4.90 Å². The van der Waals surface area contributed by atoms with Crippen molar-refractivity contribution >= 4 is 45.7 Å². The molecule has 3 heterocycles. The molecule has 3 aliphatic rings. The summed E-state index contributed by atoms with van der Waals surface area (Å²) in [6, 6.07) is 6.33. The standard InChI is InChI=1S/C25H25N3O4S/c29-20-12-13-21(30)28(20)17-10-8-16(9-11-17)23(31)26-24-22(18-6-2-3-7-19(18)33-24)25(32)27-14-4-1-5-15-27/h8-13H,1-7,14-15H2,(H,26,31). The van der Waals surface area contributed by atoms with Crippen LogP contribution in [0.4, 0.5) is 10.7 Å². The molecule has 5 rings (SSSR count). The van der Waals surface area contributed by atoms with Crippen molar-refractivity contribution in [1.29, 1.82) is 0 Å². The summed E-state index contributed by atoms with van der Waals surface area (Å²) in [6.45, 7) is 1.53. The molecule has 1 aromatic heterocycles. The molecule has 0 bridgehead atoms. The number of hydrogen-bond donors (Lipinski definition) is 1. The summed E-state index contributed by atoms with van der Waals surface area (Å²) in [5.41, 5.74) is 2.58. The van der Waals surface area contributed by atoms with Crippen molar-refractivity contribution in [1.82, 2.24) is 4.90 Å². The Kier molecular flexibility index (Phi) is 5.85. The van der Waals surface area contributed by atoms with E-state index in [1.165, 1.54) is 28.4 Å². The van der Waals surface area contributed by atoms with Crippen LogP contribution in [-0.4, -0.2) is 41.6 Å². The van der Waals surface area contributed by atoms with Crippen LogP contribution < -0.4 is 10.2 Å². The van der Waals surface area contributed by atoms with Crippen molar-refractivity contribution in [3.05, 3.63) is 58.0 Å². The molecule has 4 amide bonds. The fourth-order valence-electron chi connectivity index (χ4n) is 4.73. The first-order chi connectivity index (χ1) is 16.0. The highest BCUT2D eigenvalue weighted by Crippen LogP contribution is 2.39. The Bertz CT molecular complexity index is 1140. The lowest BCUT2D eigenvalue weighted by Crippen LogP contribution is -2.36. The smallest absolute Gasteiger partial charge is 0.258 e. The van der Waals surface area contributed by atoms with E-state index in [0.29, 0.717) is 21.8 Å². The van der Waals surface area contributed by atoms with Crippen LogP contribution in [0.5, 0.6) is 0 Å². The number of thiophene rings is 1. The minimum absolute atomic E-state index is 0.0262. The lowest BCUT2D eigenvalue weighted by molar-refractivity contribution is -0.119. The summed E-state index contributed by atoms with van der Waals surface area (Å²) >= 11 is 1.52. The zero-order valence-corrected chi connectivity index (χ0v) is 19.1. The SMILES string of the molecule is O=C(Nc1sc2c(c1C(=O)N1CCCCC1)CCCC2)c1ccc(N2C(=O)C=CC2=O)cc1. The van der Waals surface area contributed by atoms with Crippen molar-refractivity contribution in [2.24, 2.45) is 0 Å². The number of piperidine rings is 1. The molecular formula is C25H25N3O4S. The molecule has 170 valence electrons. The number of nitrogens with zero attached hydrogens (tertiary/aromatic N) is 2. The van der Waals surface area contributed by atoms with Crippen LogP contribution in [0.15, 0.2) is 36.4 Å². The molecule has 1 aliphatic carbocycles. The van der Waals surface area contributed by atoms with Crippen molar-refractivity contribution < 1.29 is 19.2 Å². The molecule has 1 fully saturated rings. The average molecular weight is 464 g/mol. The summed E-state index contributed by atoms with van der Waals surface area (Å²) in [7, 11) is 0. The largest absolute Gasteiger partial charge is 0.339 e. The molecule has 0 saturated carbocycles. The maximum absolute atomic E-state index is 13.4. The lowest BCUT2D eigenvalue weighted by Gasteiger charge is -2.27. The highest BCUT2D eigenvalue weighted by Gasteiger charge is 2.30. The van der Waals surface area contributed by atoms with Crippen LogP contribution in [0, 0.1) is 0 Å². The highest BCUT2D eigenvalue weighted by molar-refractivity contribution is 7.17. The molecule has 7 nitrogen and oxygen atoms in total. The summed E-state index contributed by atoms with van der Waals surface area (Å²) in [6.07, 6.45) is 9.60. The van der Waals surface area contributed by atoms with Crippen molar-refractivity contribution in [2.45, 2.75) is 44.9 Å². The van der Waals surface area contributed by atoms with E-state index in [1.54, 1.807) is 24.3 Å². The van der Waals surface area contributed by atoms with E-state index in [0.717, 1.165) is 68.5 Å². The average Bonchev–Trinajstić information content (AvgIpc) is 3.38. The van der Waals surface area contributed by atoms with Gasteiger partial charge in [0.25, 0.3) is 23.6 Å². The number of hydrogen-bond acceptors (Lipinski definition) is 5. The molecule has 0 unspecified atom stereocenters. The van der Waals surface area contributed by atoms with Gasteiger partial charge in [-0.05, 0) is 74.8 Å². The number of carbonyl (C=O) groups is 4. The maximum atomic E-state index is 13.4. The zero-order valence-electron chi connectivity index (χ0n) is 18.3. The van der Waals surface area contributed by atoms with E-state index in [2.05, 4.69) is 5.32 Å². The number of anilines is 2. The number of nitrogens with one attached hydrogen (secondary N) is 1. The Morgan fingerprint density at radius 2 is 1.52 bits per heavy atom. The van der Waals surface area contributed by atoms with E-state index >= 15 is 0 Å². The fourth-order valence-corrected chi connectivity index (χ4v) is 6.00. The number of likely N-dealkylation sites (tertiary alicyclic amines) is 1. The van der Waals surface area contributed by atoms with Crippen molar-refractivity contribution in [3.63, 3.8) is 0 Å². The van der Waals surface area contributed by atoms with Crippen molar-refractivity contribution in [2.75, 3.05) is 23.3 Å². The Morgan fingerprint density at radius 1 is 0.848 bits per heavy atom. The van der Waals surface area contributed by atoms with Gasteiger partial charge in [0.05, 0.1) is 11.3 Å². The van der Waals surface area contributed by atoms with Gasteiger partial charge in [0, 0.05) is 35.7 Å². The van der Waals surface area contributed by atoms with Crippen LogP contribution in [0.1, 0.15) is 63.3 Å². The zero-order chi connectivity index (χ0) is 22.9. The number of imide groups is 1. The number of aryl methyl sites for hydroxylation is 1. The second-order valence-electron chi connectivity index (χ2n) is 8.61. The van der Waals surface area contributed by atoms with E-state index in [4.69, 9.17) is 0 Å². The number of amides is 4. The molecule has 1 N–H and O–H groups in total. The molecule has 8 heteroatoms. The first-order valence-corrected chi connectivity index (χ1v) is 12.3. The maximum Gasteiger partial charge on any atom is 0.258 e. The van der Waals surface area contributed by atoms with Gasteiger partial charge in [-0.15, -0.1) is 11.3 Å². The molecule has 33 heavy (non-hydrogen) atoms. The quantitative estimate of drug-likeness (QED) is 0.696. The normalized spacial score (nSPS) is 17.9. The Balaban J connectivity index is 1.39. The van der Waals surface area contributed by atoms with Gasteiger partial charge in [-0.3, -0.25) is 19.2 Å². The Morgan fingerprint density at radius 3 is 2.21 bits per heavy atom. The third-order valence-corrected chi connectivity index (χ3v) is 7.66. The first kappa shape index (κ1) is 21.6. The number of rotatable bonds is 4. The predicted molar refractivity (Wildman–Crippen MR) is 127 cm³/mol. The Hall–Kier alpha value is -3.26. The lowest BCUT2D eigenvalue weighted by atomic mass is 9.94. The molecule has 1 aromatic carbocycles. The van der Waals surface area contributed by atoms with E-state index < -0.39 is 11.8 Å². The fraction of sp³-hybridized carbons (Fsp3) is 0.360. The van der Waals surface area contributed by atoms with Crippen LogP contribution in [0.25, 0.3) is 0 Å². The van der Waals surface area contributed by atoms with Crippen LogP contribution in [-0.2, 0) is 22.4 Å². The number of carbonyl (C=O) groups excluding carboxylic acids is 4. The molecule has 0 radical (unpaired) electrons. The topological polar surface area (TPSA) is 86.8 Å². The van der Waals surface area contributed by atoms with Crippen LogP contribution in [0.2, 0.25) is 0 Å². The summed E-state index contributed by atoms with van der Waals surface area (Å²) < 4.78 is 0. The third kappa shape index (κ3) is 4.11. The van der Waals surface area contributed by atoms with E-state index in [9.17, 15) is 19.2 Å². The second-order valence-corrected chi connectivity index (χ2v) is 9.72. The van der Waals surface area contributed by atoms with Crippen LogP contribution >= 0.6 is 11.3 Å². The summed E-state index contributed by atoms with van der Waals surface area (Å²) in [5.74, 6) is -1.09. The van der Waals surface area contributed by atoms with Gasteiger partial charge in [-0.2, -0.15) is 0 Å². The number of fused-ring (bicyclic) bond motifs is 1. The van der Waals surface area contributed by atoms with Crippen LogP contribution in [0.3, 0.4) is 0 Å². The molecular weight excluding hydrogens is 438 g/mol. The third-order valence-electron chi connectivity index (χ3n) is 6.45. The van der Waals surface area contributed by atoms with Gasteiger partial charge < -0.3 is 10.2 Å². The first-order valence-electron chi connectivity index (χ1n) is 11.4. The molecule has 1 saturated heterocycles. The summed E-state index contributed by atoms with van der Waals surface area (Å²) in [5, 5.41) is 3.61.